The minimum atomic E-state index is -1.44. The summed E-state index contributed by atoms with van der Waals surface area (Å²) in [5.41, 5.74) is 2.95. The van der Waals surface area contributed by atoms with Crippen LogP contribution in [0.15, 0.2) is 12.1 Å². The second kappa shape index (κ2) is 12.8. The highest BCUT2D eigenvalue weighted by Gasteiger charge is 2.47. The van der Waals surface area contributed by atoms with Crippen LogP contribution < -0.4 is 10.6 Å². The maximum Gasteiger partial charge on any atom is 0.280 e. The quantitative estimate of drug-likeness (QED) is 0.337. The highest BCUT2D eigenvalue weighted by molar-refractivity contribution is 7.77. The van der Waals surface area contributed by atoms with Crippen molar-refractivity contribution in [1.82, 2.24) is 5.32 Å². The smallest absolute Gasteiger partial charge is 0.280 e. The Morgan fingerprint density at radius 2 is 1.39 bits per heavy atom. The monoisotopic (exact) mass is 427 g/mol. The molecule has 1 rings (SSSR count). The molecule has 2 N–H and O–H groups in total. The molecule has 0 aromatic heterocycles. The average Bonchev–Trinajstić information content (AvgIpc) is 2.65. The molecule has 1 aromatic rings. The van der Waals surface area contributed by atoms with Gasteiger partial charge in [0.25, 0.3) is 5.91 Å². The lowest BCUT2D eigenvalue weighted by Gasteiger charge is -2.34. The first kappa shape index (κ1) is 25.4. The fraction of sp³-hybridized carbons (Fsp3) is 0.696. The van der Waals surface area contributed by atoms with Crippen LogP contribution in [0.1, 0.15) is 70.4 Å². The van der Waals surface area contributed by atoms with Gasteiger partial charge in [-0.05, 0) is 63.4 Å². The number of anilines is 1. The molecule has 0 spiro atoms. The molecule has 0 heterocycles. The first-order chi connectivity index (χ1) is 13.3. The van der Waals surface area contributed by atoms with E-state index in [0.717, 1.165) is 16.8 Å². The van der Waals surface area contributed by atoms with Gasteiger partial charge in [0.05, 0.1) is 18.5 Å². The normalized spacial score (nSPS) is 12.8. The van der Waals surface area contributed by atoms with Gasteiger partial charge in [-0.1, -0.05) is 51.6 Å². The highest BCUT2D eigenvalue weighted by atomic mass is 35.5. The van der Waals surface area contributed by atoms with Crippen LogP contribution in [0.4, 0.5) is 5.69 Å². The summed E-state index contributed by atoms with van der Waals surface area (Å²) < 4.78 is 0. The van der Waals surface area contributed by atoms with Crippen molar-refractivity contribution in [3.8, 4) is 0 Å². The number of aryl methyl sites for hydroxylation is 2. The molecule has 0 bridgehead atoms. The molecule has 0 radical (unpaired) electrons. The number of carbonyl (C=O) groups is 1. The minimum absolute atomic E-state index is 0.0772. The van der Waals surface area contributed by atoms with Gasteiger partial charge in [0.1, 0.15) is 0 Å². The molecule has 1 aromatic carbocycles. The summed E-state index contributed by atoms with van der Waals surface area (Å²) >= 11 is 6.17. The number of carbonyl (C=O) groups excluding carboxylic acids is 1. The Morgan fingerprint density at radius 3 is 1.75 bits per heavy atom. The molecule has 1 atom stereocenters. The van der Waals surface area contributed by atoms with E-state index in [1.807, 2.05) is 33.0 Å². The number of unbranched alkanes of at least 4 members (excludes halogenated alkanes) is 3. The number of nitrogens with one attached hydrogen (secondary N) is 2. The number of halogens is 1. The SMILES string of the molecule is CCCC[P+](CCCC)(CCCC)C(NC)C(=O)Nc1c(C)cc(Cl)cc1C. The highest BCUT2D eigenvalue weighted by Crippen LogP contribution is 2.64. The van der Waals surface area contributed by atoms with E-state index < -0.39 is 7.26 Å². The van der Waals surface area contributed by atoms with Crippen LogP contribution in [0.25, 0.3) is 0 Å². The van der Waals surface area contributed by atoms with Crippen LogP contribution in [0.5, 0.6) is 0 Å². The molecular formula is C23H41ClN2OP+. The number of amides is 1. The molecule has 0 aliphatic rings. The lowest BCUT2D eigenvalue weighted by molar-refractivity contribution is -0.116. The van der Waals surface area contributed by atoms with Gasteiger partial charge in [0, 0.05) is 18.0 Å². The number of hydrogen-bond donors (Lipinski definition) is 2. The van der Waals surface area contributed by atoms with Crippen molar-refractivity contribution >= 4 is 30.5 Å². The van der Waals surface area contributed by atoms with E-state index in [0.29, 0.717) is 5.02 Å². The molecule has 0 saturated carbocycles. The number of likely N-dealkylation sites (N-methyl/N-ethyl adjacent to an activating group) is 1. The molecule has 1 unspecified atom stereocenters. The molecule has 5 heteroatoms. The Balaban J connectivity index is 3.20. The lowest BCUT2D eigenvalue weighted by Crippen LogP contribution is -2.43. The lowest BCUT2D eigenvalue weighted by atomic mass is 10.1. The summed E-state index contributed by atoms with van der Waals surface area (Å²) in [6.07, 6.45) is 10.8. The summed E-state index contributed by atoms with van der Waals surface area (Å²) in [6, 6.07) is 3.85. The van der Waals surface area contributed by atoms with Crippen LogP contribution in [-0.4, -0.2) is 37.2 Å². The first-order valence-corrected chi connectivity index (χ1v) is 13.7. The summed E-state index contributed by atoms with van der Waals surface area (Å²) in [5, 5.41) is 7.43. The van der Waals surface area contributed by atoms with Crippen LogP contribution >= 0.6 is 18.9 Å². The van der Waals surface area contributed by atoms with Gasteiger partial charge in [0.2, 0.25) is 0 Å². The fourth-order valence-electron chi connectivity index (χ4n) is 4.09. The van der Waals surface area contributed by atoms with Crippen molar-refractivity contribution in [2.24, 2.45) is 0 Å². The predicted molar refractivity (Wildman–Crippen MR) is 129 cm³/mol. The molecule has 0 aliphatic heterocycles. The average molecular weight is 428 g/mol. The third-order valence-electron chi connectivity index (χ3n) is 5.69. The van der Waals surface area contributed by atoms with Crippen LogP contribution in [-0.2, 0) is 4.79 Å². The fourth-order valence-corrected chi connectivity index (χ4v) is 9.82. The molecule has 28 heavy (non-hydrogen) atoms. The molecule has 160 valence electrons. The van der Waals surface area contributed by atoms with Gasteiger partial charge < -0.3 is 5.32 Å². The van der Waals surface area contributed by atoms with E-state index in [1.54, 1.807) is 0 Å². The van der Waals surface area contributed by atoms with E-state index in [9.17, 15) is 4.79 Å². The second-order valence-corrected chi connectivity index (χ2v) is 12.8. The molecule has 0 fully saturated rings. The van der Waals surface area contributed by atoms with Gasteiger partial charge in [-0.2, -0.15) is 0 Å². The largest absolute Gasteiger partial charge is 0.321 e. The van der Waals surface area contributed by atoms with Crippen molar-refractivity contribution < 1.29 is 4.79 Å². The predicted octanol–water partition coefficient (Wildman–Crippen LogP) is 6.86. The molecule has 0 aliphatic carbocycles. The summed E-state index contributed by atoms with van der Waals surface area (Å²) in [5.74, 6) is 0.0549. The van der Waals surface area contributed by atoms with Gasteiger partial charge in [0.15, 0.2) is 5.78 Å². The maximum absolute atomic E-state index is 13.5. The first-order valence-electron chi connectivity index (χ1n) is 11.0. The van der Waals surface area contributed by atoms with Gasteiger partial charge >= 0.3 is 0 Å². The zero-order valence-corrected chi connectivity index (χ0v) is 20.5. The van der Waals surface area contributed by atoms with Crippen molar-refractivity contribution in [2.45, 2.75) is 78.9 Å². The Kier molecular flexibility index (Phi) is 11.6. The number of benzene rings is 1. The third-order valence-corrected chi connectivity index (χ3v) is 11.1. The zero-order chi connectivity index (χ0) is 21.2. The van der Waals surface area contributed by atoms with Crippen molar-refractivity contribution in [1.29, 1.82) is 0 Å². The number of rotatable bonds is 13. The standard InChI is InChI=1S/C23H40ClN2OP/c1-7-10-13-28(14-11-8-2,15-12-9-3)23(25-6)22(27)26-21-18(4)16-20(24)17-19(21)5/h16-17,23,25H,7-15H2,1-6H3/p+1. The van der Waals surface area contributed by atoms with Gasteiger partial charge in [-0.25, -0.2) is 0 Å². The Hall–Kier alpha value is -0.630. The Morgan fingerprint density at radius 1 is 0.964 bits per heavy atom. The van der Waals surface area contributed by atoms with Gasteiger partial charge in [-0.3, -0.25) is 10.1 Å². The molecular weight excluding hydrogens is 387 g/mol. The van der Waals surface area contributed by atoms with Crippen molar-refractivity contribution in [3.63, 3.8) is 0 Å². The van der Waals surface area contributed by atoms with Crippen molar-refractivity contribution in [3.05, 3.63) is 28.3 Å². The van der Waals surface area contributed by atoms with E-state index >= 15 is 0 Å². The van der Waals surface area contributed by atoms with Crippen LogP contribution in [0, 0.1) is 13.8 Å². The molecule has 0 saturated heterocycles. The van der Waals surface area contributed by atoms with Crippen LogP contribution in [0.2, 0.25) is 5.02 Å². The summed E-state index contributed by atoms with van der Waals surface area (Å²) in [4.78, 5) is 13.5. The Bertz CT molecular complexity index is 576. The Labute approximate surface area is 178 Å². The maximum atomic E-state index is 13.5. The molecule has 1 amide bonds. The van der Waals surface area contributed by atoms with E-state index in [-0.39, 0.29) is 11.7 Å². The molecule has 3 nitrogen and oxygen atoms in total. The van der Waals surface area contributed by atoms with E-state index in [4.69, 9.17) is 11.6 Å². The van der Waals surface area contributed by atoms with E-state index in [1.165, 1.54) is 57.0 Å². The summed E-state index contributed by atoms with van der Waals surface area (Å²) in [6.45, 7) is 10.8. The summed E-state index contributed by atoms with van der Waals surface area (Å²) in [7, 11) is 0.525. The second-order valence-electron chi connectivity index (χ2n) is 8.05. The topological polar surface area (TPSA) is 41.1 Å². The van der Waals surface area contributed by atoms with E-state index in [2.05, 4.69) is 31.4 Å². The number of hydrogen-bond acceptors (Lipinski definition) is 2. The van der Waals surface area contributed by atoms with Gasteiger partial charge in [-0.15, -0.1) is 0 Å². The minimum Gasteiger partial charge on any atom is -0.321 e. The third kappa shape index (κ3) is 7.01. The zero-order valence-electron chi connectivity index (χ0n) is 18.8. The van der Waals surface area contributed by atoms with Crippen molar-refractivity contribution in [2.75, 3.05) is 30.9 Å². The van der Waals surface area contributed by atoms with Crippen LogP contribution in [0.3, 0.4) is 0 Å².